The molecule has 0 aliphatic carbocycles. The van der Waals surface area contributed by atoms with Gasteiger partial charge in [-0.05, 0) is 5.56 Å². The number of piperidine rings is 1. The summed E-state index contributed by atoms with van der Waals surface area (Å²) in [5.74, 6) is -0.541. The van der Waals surface area contributed by atoms with Crippen LogP contribution in [-0.2, 0) is 4.74 Å². The molecule has 3 aromatic rings. The molecular formula is C31H34N2O3. The maximum atomic E-state index is 14.0. The molecule has 5 rings (SSSR count). The van der Waals surface area contributed by atoms with Crippen LogP contribution in [0.25, 0.3) is 0 Å². The van der Waals surface area contributed by atoms with Crippen LogP contribution < -0.4 is 0 Å². The van der Waals surface area contributed by atoms with Gasteiger partial charge in [-0.25, -0.2) is 0 Å². The van der Waals surface area contributed by atoms with E-state index in [1.807, 2.05) is 78.9 Å². The number of rotatable bonds is 8. The first-order valence-electron chi connectivity index (χ1n) is 13.0. The van der Waals surface area contributed by atoms with Crippen molar-refractivity contribution in [1.82, 2.24) is 9.80 Å². The molecule has 0 amide bonds. The van der Waals surface area contributed by atoms with E-state index in [4.69, 9.17) is 4.74 Å². The highest BCUT2D eigenvalue weighted by Gasteiger charge is 2.44. The Bertz CT molecular complexity index is 1070. The quantitative estimate of drug-likeness (QED) is 0.445. The van der Waals surface area contributed by atoms with Gasteiger partial charge >= 0.3 is 0 Å². The van der Waals surface area contributed by atoms with Crippen molar-refractivity contribution in [3.8, 4) is 0 Å². The third kappa shape index (κ3) is 5.65. The van der Waals surface area contributed by atoms with Crippen molar-refractivity contribution < 1.29 is 14.3 Å². The van der Waals surface area contributed by atoms with Crippen LogP contribution in [0.4, 0.5) is 0 Å². The molecule has 2 aliphatic rings. The van der Waals surface area contributed by atoms with Gasteiger partial charge in [0.1, 0.15) is 0 Å². The van der Waals surface area contributed by atoms with E-state index in [0.29, 0.717) is 24.2 Å². The summed E-state index contributed by atoms with van der Waals surface area (Å²) in [6.45, 7) is 6.43. The zero-order valence-corrected chi connectivity index (χ0v) is 20.7. The minimum atomic E-state index is -0.300. The van der Waals surface area contributed by atoms with Crippen LogP contribution in [0.15, 0.2) is 91.0 Å². The molecule has 5 nitrogen and oxygen atoms in total. The Hall–Kier alpha value is -3.12. The zero-order chi connectivity index (χ0) is 24.7. The van der Waals surface area contributed by atoms with Crippen molar-refractivity contribution in [2.45, 2.75) is 5.92 Å². The highest BCUT2D eigenvalue weighted by atomic mass is 16.5. The fourth-order valence-corrected chi connectivity index (χ4v) is 5.69. The van der Waals surface area contributed by atoms with Gasteiger partial charge in [0.2, 0.25) is 0 Å². The van der Waals surface area contributed by atoms with Gasteiger partial charge in [-0.2, -0.15) is 0 Å². The lowest BCUT2D eigenvalue weighted by Crippen LogP contribution is -2.52. The number of morpholine rings is 1. The topological polar surface area (TPSA) is 49.9 Å². The van der Waals surface area contributed by atoms with Crippen LogP contribution in [0.2, 0.25) is 0 Å². The molecular weight excluding hydrogens is 448 g/mol. The van der Waals surface area contributed by atoms with Gasteiger partial charge in [0.25, 0.3) is 0 Å². The van der Waals surface area contributed by atoms with Crippen molar-refractivity contribution in [2.75, 3.05) is 52.5 Å². The van der Waals surface area contributed by atoms with Gasteiger partial charge in [0, 0.05) is 68.1 Å². The molecule has 36 heavy (non-hydrogen) atoms. The van der Waals surface area contributed by atoms with E-state index in [2.05, 4.69) is 21.9 Å². The molecule has 3 aromatic carbocycles. The van der Waals surface area contributed by atoms with Crippen LogP contribution in [-0.4, -0.2) is 73.8 Å². The number of likely N-dealkylation sites (tertiary alicyclic amines) is 1. The second kappa shape index (κ2) is 11.7. The fraction of sp³-hybridized carbons (Fsp3) is 0.355. The van der Waals surface area contributed by atoms with Crippen LogP contribution >= 0.6 is 0 Å². The lowest BCUT2D eigenvalue weighted by molar-refractivity contribution is 0.0258. The molecule has 0 saturated carbocycles. The van der Waals surface area contributed by atoms with E-state index in [1.165, 1.54) is 0 Å². The number of Topliss-reactive ketones (excluding diaryl/α,β-unsaturated/α-hetero) is 2. The smallest absolute Gasteiger partial charge is 0.167 e. The standard InChI is InChI=1S/C31H34N2O3/c34-30(25-12-6-2-7-13-25)27-22-33(17-16-32-18-20-36-21-19-32)23-28(29(27)24-10-4-1-5-11-24)31(35)26-14-8-3-9-15-26/h1-15,27-29H,16-23H2/t27-,28+,29?. The fourth-order valence-electron chi connectivity index (χ4n) is 5.69. The first-order chi connectivity index (χ1) is 17.7. The SMILES string of the molecule is O=C(c1ccccc1)[C@H]1CN(CCN2CCOCC2)C[C@@H](C(=O)c2ccccc2)C1c1ccccc1. The highest BCUT2D eigenvalue weighted by molar-refractivity contribution is 6.02. The molecule has 0 bridgehead atoms. The Morgan fingerprint density at radius 1 is 0.639 bits per heavy atom. The summed E-state index contributed by atoms with van der Waals surface area (Å²) >= 11 is 0. The van der Waals surface area contributed by atoms with Gasteiger partial charge in [-0.15, -0.1) is 0 Å². The average Bonchev–Trinajstić information content (AvgIpc) is 2.96. The van der Waals surface area contributed by atoms with Crippen LogP contribution in [0, 0.1) is 11.8 Å². The summed E-state index contributed by atoms with van der Waals surface area (Å²) in [5, 5.41) is 0. The molecule has 2 saturated heterocycles. The molecule has 1 unspecified atom stereocenters. The summed E-state index contributed by atoms with van der Waals surface area (Å²) in [7, 11) is 0. The van der Waals surface area contributed by atoms with Gasteiger partial charge < -0.3 is 9.64 Å². The van der Waals surface area contributed by atoms with Crippen molar-refractivity contribution in [2.24, 2.45) is 11.8 Å². The number of nitrogens with zero attached hydrogens (tertiary/aromatic N) is 2. The summed E-state index contributed by atoms with van der Waals surface area (Å²) < 4.78 is 5.51. The molecule has 3 atom stereocenters. The molecule has 5 heteroatoms. The Morgan fingerprint density at radius 3 is 1.58 bits per heavy atom. The minimum absolute atomic E-state index is 0.117. The van der Waals surface area contributed by atoms with Crippen molar-refractivity contribution in [1.29, 1.82) is 0 Å². The number of ether oxygens (including phenoxy) is 1. The average molecular weight is 483 g/mol. The van der Waals surface area contributed by atoms with Crippen LogP contribution in [0.5, 0.6) is 0 Å². The van der Waals surface area contributed by atoms with E-state index in [9.17, 15) is 9.59 Å². The maximum Gasteiger partial charge on any atom is 0.167 e. The third-order valence-corrected chi connectivity index (χ3v) is 7.59. The number of benzene rings is 3. The predicted octanol–water partition coefficient (Wildman–Crippen LogP) is 4.42. The first kappa shape index (κ1) is 24.6. The number of carbonyl (C=O) groups is 2. The Labute approximate surface area is 213 Å². The normalized spacial score (nSPS) is 23.3. The molecule has 2 aliphatic heterocycles. The molecule has 0 aromatic heterocycles. The second-order valence-electron chi connectivity index (χ2n) is 9.82. The summed E-state index contributed by atoms with van der Waals surface area (Å²) in [6.07, 6.45) is 0. The van der Waals surface area contributed by atoms with E-state index >= 15 is 0 Å². The first-order valence-corrected chi connectivity index (χ1v) is 13.0. The number of hydrogen-bond acceptors (Lipinski definition) is 5. The molecule has 0 spiro atoms. The van der Waals surface area contributed by atoms with Crippen LogP contribution in [0.3, 0.4) is 0 Å². The monoisotopic (exact) mass is 482 g/mol. The predicted molar refractivity (Wildman–Crippen MR) is 141 cm³/mol. The summed E-state index contributed by atoms with van der Waals surface area (Å²) in [4.78, 5) is 32.7. The lowest BCUT2D eigenvalue weighted by atomic mass is 9.68. The van der Waals surface area contributed by atoms with Gasteiger partial charge in [-0.3, -0.25) is 14.5 Å². The maximum absolute atomic E-state index is 14.0. The largest absolute Gasteiger partial charge is 0.379 e. The molecule has 186 valence electrons. The molecule has 2 heterocycles. The Balaban J connectivity index is 1.49. The van der Waals surface area contributed by atoms with E-state index in [-0.39, 0.29) is 29.3 Å². The molecule has 0 radical (unpaired) electrons. The van der Waals surface area contributed by atoms with Gasteiger partial charge in [-0.1, -0.05) is 91.0 Å². The number of hydrogen-bond donors (Lipinski definition) is 0. The summed E-state index contributed by atoms with van der Waals surface area (Å²) in [5.41, 5.74) is 2.49. The van der Waals surface area contributed by atoms with Gasteiger partial charge in [0.15, 0.2) is 11.6 Å². The Kier molecular flexibility index (Phi) is 8.01. The van der Waals surface area contributed by atoms with Crippen molar-refractivity contribution >= 4 is 11.6 Å². The van der Waals surface area contributed by atoms with Crippen LogP contribution in [0.1, 0.15) is 32.2 Å². The zero-order valence-electron chi connectivity index (χ0n) is 20.7. The third-order valence-electron chi connectivity index (χ3n) is 7.59. The van der Waals surface area contributed by atoms with Crippen molar-refractivity contribution in [3.05, 3.63) is 108 Å². The lowest BCUT2D eigenvalue weighted by Gasteiger charge is -2.43. The molecule has 2 fully saturated rings. The van der Waals surface area contributed by atoms with E-state index in [0.717, 1.165) is 45.0 Å². The second-order valence-corrected chi connectivity index (χ2v) is 9.82. The number of ketones is 2. The minimum Gasteiger partial charge on any atom is -0.379 e. The van der Waals surface area contributed by atoms with Crippen molar-refractivity contribution in [3.63, 3.8) is 0 Å². The highest BCUT2D eigenvalue weighted by Crippen LogP contribution is 2.40. The number of carbonyl (C=O) groups excluding carboxylic acids is 2. The van der Waals surface area contributed by atoms with E-state index < -0.39 is 0 Å². The molecule has 0 N–H and O–H groups in total. The summed E-state index contributed by atoms with van der Waals surface area (Å²) in [6, 6.07) is 29.2. The Morgan fingerprint density at radius 2 is 1.08 bits per heavy atom. The van der Waals surface area contributed by atoms with Gasteiger partial charge in [0.05, 0.1) is 13.2 Å². The van der Waals surface area contributed by atoms with E-state index in [1.54, 1.807) is 0 Å².